The van der Waals surface area contributed by atoms with Gasteiger partial charge in [-0.25, -0.2) is 0 Å². The molecule has 2 unspecified atom stereocenters. The van der Waals surface area contributed by atoms with Crippen molar-refractivity contribution >= 4 is 5.91 Å². The maximum absolute atomic E-state index is 12.2. The lowest BCUT2D eigenvalue weighted by Gasteiger charge is -2.18. The highest BCUT2D eigenvalue weighted by Gasteiger charge is 2.17. The molecule has 1 aromatic rings. The van der Waals surface area contributed by atoms with Crippen LogP contribution in [-0.2, 0) is 0 Å². The Labute approximate surface area is 116 Å². The Bertz CT molecular complexity index is 440. The zero-order valence-corrected chi connectivity index (χ0v) is 11.5. The number of aliphatic hydroxyl groups excluding tert-OH is 1. The van der Waals surface area contributed by atoms with E-state index >= 15 is 0 Å². The third-order valence-corrected chi connectivity index (χ3v) is 3.12. The van der Waals surface area contributed by atoms with E-state index in [4.69, 9.17) is 0 Å². The molecule has 20 heavy (non-hydrogen) atoms. The average molecular weight is 287 g/mol. The Kier molecular flexibility index (Phi) is 6.38. The van der Waals surface area contributed by atoms with Crippen LogP contribution in [0.4, 0.5) is 8.78 Å². The number of hydrogen-bond donors (Lipinski definition) is 2. The minimum Gasteiger partial charge on any atom is -0.434 e. The number of hydrogen-bond acceptors (Lipinski definition) is 3. The lowest BCUT2D eigenvalue weighted by Crippen LogP contribution is -2.35. The van der Waals surface area contributed by atoms with Crippen molar-refractivity contribution in [3.63, 3.8) is 0 Å². The highest BCUT2D eigenvalue weighted by atomic mass is 19.3. The molecule has 0 saturated heterocycles. The van der Waals surface area contributed by atoms with Gasteiger partial charge in [0.1, 0.15) is 5.75 Å². The van der Waals surface area contributed by atoms with Gasteiger partial charge < -0.3 is 15.2 Å². The van der Waals surface area contributed by atoms with Gasteiger partial charge in [0.15, 0.2) is 0 Å². The van der Waals surface area contributed by atoms with Crippen molar-refractivity contribution in [1.82, 2.24) is 5.32 Å². The summed E-state index contributed by atoms with van der Waals surface area (Å²) in [7, 11) is 0. The summed E-state index contributed by atoms with van der Waals surface area (Å²) in [6, 6.07) is 5.75. The van der Waals surface area contributed by atoms with E-state index in [0.717, 1.165) is 6.42 Å². The highest BCUT2D eigenvalue weighted by molar-refractivity contribution is 5.96. The first-order chi connectivity index (χ1) is 9.45. The summed E-state index contributed by atoms with van der Waals surface area (Å²) >= 11 is 0. The van der Waals surface area contributed by atoms with Gasteiger partial charge in [-0.1, -0.05) is 32.4 Å². The number of para-hydroxylation sites is 1. The molecule has 0 aliphatic rings. The summed E-state index contributed by atoms with van der Waals surface area (Å²) in [5, 5.41) is 12.3. The van der Waals surface area contributed by atoms with E-state index in [-0.39, 0.29) is 23.8 Å². The van der Waals surface area contributed by atoms with Crippen LogP contribution in [0, 0.1) is 5.92 Å². The van der Waals surface area contributed by atoms with Gasteiger partial charge in [0, 0.05) is 6.54 Å². The molecule has 1 rings (SSSR count). The Balaban J connectivity index is 2.68. The number of carbonyl (C=O) groups is 1. The van der Waals surface area contributed by atoms with Gasteiger partial charge in [-0.15, -0.1) is 0 Å². The molecule has 0 radical (unpaired) electrons. The standard InChI is InChI=1S/C14H19F2NO3/c1-3-9(2)11(18)8-17-13(19)10-6-4-5-7-12(10)20-14(15)16/h4-7,9,11,14,18H,3,8H2,1-2H3,(H,17,19). The molecule has 0 aromatic heterocycles. The predicted octanol–water partition coefficient (Wildman–Crippen LogP) is 2.42. The van der Waals surface area contributed by atoms with Crippen molar-refractivity contribution in [1.29, 1.82) is 0 Å². The van der Waals surface area contributed by atoms with Crippen LogP contribution in [0.15, 0.2) is 24.3 Å². The van der Waals surface area contributed by atoms with Gasteiger partial charge in [-0.2, -0.15) is 8.78 Å². The second kappa shape index (κ2) is 7.79. The second-order valence-corrected chi connectivity index (χ2v) is 4.54. The summed E-state index contributed by atoms with van der Waals surface area (Å²) in [6.07, 6.45) is 0.106. The largest absolute Gasteiger partial charge is 0.434 e. The second-order valence-electron chi connectivity index (χ2n) is 4.54. The molecule has 0 spiro atoms. The maximum atomic E-state index is 12.2. The smallest absolute Gasteiger partial charge is 0.387 e. The number of carbonyl (C=O) groups excluding carboxylic acids is 1. The van der Waals surface area contributed by atoms with Crippen LogP contribution in [0.25, 0.3) is 0 Å². The first-order valence-corrected chi connectivity index (χ1v) is 6.45. The first kappa shape index (κ1) is 16.4. The third-order valence-electron chi connectivity index (χ3n) is 3.12. The molecular formula is C14H19F2NO3. The van der Waals surface area contributed by atoms with E-state index < -0.39 is 18.6 Å². The van der Waals surface area contributed by atoms with Crippen molar-refractivity contribution in [2.75, 3.05) is 6.54 Å². The van der Waals surface area contributed by atoms with Gasteiger partial charge >= 0.3 is 6.61 Å². The van der Waals surface area contributed by atoms with Crippen molar-refractivity contribution in [2.24, 2.45) is 5.92 Å². The quantitative estimate of drug-likeness (QED) is 0.809. The summed E-state index contributed by atoms with van der Waals surface area (Å²) < 4.78 is 28.8. The number of rotatable bonds is 7. The van der Waals surface area contributed by atoms with Gasteiger partial charge in [0.25, 0.3) is 5.91 Å². The molecule has 0 heterocycles. The van der Waals surface area contributed by atoms with E-state index in [2.05, 4.69) is 10.1 Å². The first-order valence-electron chi connectivity index (χ1n) is 6.45. The Hall–Kier alpha value is -1.69. The van der Waals surface area contributed by atoms with Crippen LogP contribution in [0.1, 0.15) is 30.6 Å². The van der Waals surface area contributed by atoms with Gasteiger partial charge in [-0.3, -0.25) is 4.79 Å². The molecule has 6 heteroatoms. The third kappa shape index (κ3) is 4.77. The van der Waals surface area contributed by atoms with E-state index in [0.29, 0.717) is 0 Å². The fraction of sp³-hybridized carbons (Fsp3) is 0.500. The van der Waals surface area contributed by atoms with Gasteiger partial charge in [-0.05, 0) is 18.1 Å². The van der Waals surface area contributed by atoms with E-state index in [9.17, 15) is 18.7 Å². The predicted molar refractivity (Wildman–Crippen MR) is 70.9 cm³/mol. The van der Waals surface area contributed by atoms with E-state index in [1.165, 1.54) is 18.2 Å². The van der Waals surface area contributed by atoms with Gasteiger partial charge in [0.05, 0.1) is 11.7 Å². The molecule has 0 bridgehead atoms. The van der Waals surface area contributed by atoms with Crippen LogP contribution in [0.5, 0.6) is 5.75 Å². The molecule has 0 fully saturated rings. The van der Waals surface area contributed by atoms with Crippen LogP contribution in [0.2, 0.25) is 0 Å². The maximum Gasteiger partial charge on any atom is 0.387 e. The number of nitrogens with one attached hydrogen (secondary N) is 1. The number of benzene rings is 1. The molecule has 0 aliphatic heterocycles. The van der Waals surface area contributed by atoms with Crippen LogP contribution < -0.4 is 10.1 Å². The summed E-state index contributed by atoms with van der Waals surface area (Å²) in [4.78, 5) is 11.9. The van der Waals surface area contributed by atoms with E-state index in [1.807, 2.05) is 13.8 Å². The number of halogens is 2. The van der Waals surface area contributed by atoms with Crippen LogP contribution in [0.3, 0.4) is 0 Å². The lowest BCUT2D eigenvalue weighted by molar-refractivity contribution is -0.0501. The Morgan fingerprint density at radius 1 is 1.40 bits per heavy atom. The molecule has 2 atom stereocenters. The van der Waals surface area contributed by atoms with Crippen molar-refractivity contribution < 1.29 is 23.4 Å². The van der Waals surface area contributed by atoms with Crippen molar-refractivity contribution in [3.8, 4) is 5.75 Å². The molecule has 0 aliphatic carbocycles. The Morgan fingerprint density at radius 2 is 2.05 bits per heavy atom. The zero-order chi connectivity index (χ0) is 15.1. The van der Waals surface area contributed by atoms with Crippen LogP contribution >= 0.6 is 0 Å². The number of aliphatic hydroxyl groups is 1. The number of amides is 1. The fourth-order valence-corrected chi connectivity index (χ4v) is 1.62. The molecule has 4 nitrogen and oxygen atoms in total. The summed E-state index contributed by atoms with van der Waals surface area (Å²) in [6.45, 7) is 0.873. The molecule has 112 valence electrons. The molecule has 2 N–H and O–H groups in total. The number of ether oxygens (including phenoxy) is 1. The highest BCUT2D eigenvalue weighted by Crippen LogP contribution is 2.20. The van der Waals surface area contributed by atoms with E-state index in [1.54, 1.807) is 6.07 Å². The zero-order valence-electron chi connectivity index (χ0n) is 11.5. The topological polar surface area (TPSA) is 58.6 Å². The lowest BCUT2D eigenvalue weighted by atomic mass is 10.0. The molecule has 1 aromatic carbocycles. The molecule has 0 saturated carbocycles. The van der Waals surface area contributed by atoms with Crippen molar-refractivity contribution in [2.45, 2.75) is 33.0 Å². The molecule has 1 amide bonds. The minimum absolute atomic E-state index is 0.0177. The summed E-state index contributed by atoms with van der Waals surface area (Å²) in [5.41, 5.74) is 0.0177. The van der Waals surface area contributed by atoms with Crippen molar-refractivity contribution in [3.05, 3.63) is 29.8 Å². The summed E-state index contributed by atoms with van der Waals surface area (Å²) in [5.74, 6) is -0.690. The molecular weight excluding hydrogens is 268 g/mol. The Morgan fingerprint density at radius 3 is 2.65 bits per heavy atom. The van der Waals surface area contributed by atoms with Gasteiger partial charge in [0.2, 0.25) is 0 Å². The minimum atomic E-state index is -2.99. The normalized spacial score (nSPS) is 13.9. The fourth-order valence-electron chi connectivity index (χ4n) is 1.62. The SMILES string of the molecule is CCC(C)C(O)CNC(=O)c1ccccc1OC(F)F. The average Bonchev–Trinajstić information content (AvgIpc) is 2.43. The number of alkyl halides is 2. The van der Waals surface area contributed by atoms with Crippen LogP contribution in [-0.4, -0.2) is 30.3 Å². The monoisotopic (exact) mass is 287 g/mol.